The van der Waals surface area contributed by atoms with Crippen LogP contribution in [0, 0.1) is 19.7 Å². The lowest BCUT2D eigenvalue weighted by Crippen LogP contribution is -2.26. The standard InChI is InChI=1S/C17H18FNO/c1-11-7-8-14(9-12(11)2)13(3)19-17(20)15-5-4-6-16(18)10-15/h4-10,13H,1-3H3,(H,19,20). The highest BCUT2D eigenvalue weighted by atomic mass is 19.1. The molecule has 0 saturated carbocycles. The predicted molar refractivity (Wildman–Crippen MR) is 78.2 cm³/mol. The van der Waals surface area contributed by atoms with Crippen LogP contribution in [0.3, 0.4) is 0 Å². The second-order valence-electron chi connectivity index (χ2n) is 5.05. The Bertz CT molecular complexity index is 637. The molecule has 0 aliphatic heterocycles. The summed E-state index contributed by atoms with van der Waals surface area (Å²) in [6.45, 7) is 6.01. The third kappa shape index (κ3) is 3.23. The molecule has 0 bridgehead atoms. The number of hydrogen-bond donors (Lipinski definition) is 1. The number of carbonyl (C=O) groups excluding carboxylic acids is 1. The van der Waals surface area contributed by atoms with Gasteiger partial charge in [-0.05, 0) is 55.7 Å². The molecule has 1 N–H and O–H groups in total. The number of amides is 1. The van der Waals surface area contributed by atoms with Crippen LogP contribution in [0.25, 0.3) is 0 Å². The van der Waals surface area contributed by atoms with Crippen molar-refractivity contribution >= 4 is 5.91 Å². The molecule has 2 aromatic rings. The van der Waals surface area contributed by atoms with Crippen LogP contribution in [0.4, 0.5) is 4.39 Å². The zero-order valence-corrected chi connectivity index (χ0v) is 11.9. The molecule has 0 fully saturated rings. The van der Waals surface area contributed by atoms with Crippen LogP contribution >= 0.6 is 0 Å². The molecule has 1 unspecified atom stereocenters. The van der Waals surface area contributed by atoms with Gasteiger partial charge in [-0.25, -0.2) is 4.39 Å². The lowest BCUT2D eigenvalue weighted by Gasteiger charge is -2.15. The quantitative estimate of drug-likeness (QED) is 0.900. The van der Waals surface area contributed by atoms with E-state index < -0.39 is 5.82 Å². The summed E-state index contributed by atoms with van der Waals surface area (Å²) < 4.78 is 13.1. The van der Waals surface area contributed by atoms with Crippen LogP contribution in [-0.4, -0.2) is 5.91 Å². The predicted octanol–water partition coefficient (Wildman–Crippen LogP) is 3.93. The maximum absolute atomic E-state index is 13.1. The van der Waals surface area contributed by atoms with Crippen molar-refractivity contribution in [2.75, 3.05) is 0 Å². The van der Waals surface area contributed by atoms with Gasteiger partial charge in [-0.2, -0.15) is 0 Å². The number of nitrogens with one attached hydrogen (secondary N) is 1. The van der Waals surface area contributed by atoms with E-state index in [0.717, 1.165) is 5.56 Å². The van der Waals surface area contributed by atoms with Gasteiger partial charge in [0.2, 0.25) is 0 Å². The first-order valence-electron chi connectivity index (χ1n) is 6.61. The van der Waals surface area contributed by atoms with E-state index in [1.165, 1.54) is 29.3 Å². The van der Waals surface area contributed by atoms with Crippen molar-refractivity contribution in [3.63, 3.8) is 0 Å². The van der Waals surface area contributed by atoms with E-state index in [1.807, 2.05) is 26.0 Å². The Morgan fingerprint density at radius 2 is 1.85 bits per heavy atom. The van der Waals surface area contributed by atoms with Gasteiger partial charge in [-0.3, -0.25) is 4.79 Å². The summed E-state index contributed by atoms with van der Waals surface area (Å²) in [7, 11) is 0. The van der Waals surface area contributed by atoms with E-state index in [2.05, 4.69) is 18.3 Å². The molecule has 0 saturated heterocycles. The van der Waals surface area contributed by atoms with E-state index >= 15 is 0 Å². The monoisotopic (exact) mass is 271 g/mol. The van der Waals surface area contributed by atoms with E-state index in [9.17, 15) is 9.18 Å². The van der Waals surface area contributed by atoms with Crippen LogP contribution in [-0.2, 0) is 0 Å². The third-order valence-electron chi connectivity index (χ3n) is 3.47. The van der Waals surface area contributed by atoms with Crippen LogP contribution in [0.5, 0.6) is 0 Å². The zero-order valence-electron chi connectivity index (χ0n) is 11.9. The van der Waals surface area contributed by atoms with Gasteiger partial charge in [-0.15, -0.1) is 0 Å². The molecule has 0 aliphatic rings. The van der Waals surface area contributed by atoms with E-state index in [0.29, 0.717) is 5.56 Å². The topological polar surface area (TPSA) is 29.1 Å². The number of rotatable bonds is 3. The van der Waals surface area contributed by atoms with E-state index in [4.69, 9.17) is 0 Å². The molecule has 0 heterocycles. The summed E-state index contributed by atoms with van der Waals surface area (Å²) in [6.07, 6.45) is 0. The molecule has 20 heavy (non-hydrogen) atoms. The average molecular weight is 271 g/mol. The fourth-order valence-electron chi connectivity index (χ4n) is 2.03. The molecular formula is C17H18FNO. The van der Waals surface area contributed by atoms with Gasteiger partial charge in [0.1, 0.15) is 5.82 Å². The first-order chi connectivity index (χ1) is 9.47. The normalized spacial score (nSPS) is 12.0. The Morgan fingerprint density at radius 1 is 1.10 bits per heavy atom. The highest BCUT2D eigenvalue weighted by Gasteiger charge is 2.12. The Balaban J connectivity index is 2.13. The van der Waals surface area contributed by atoms with Crippen LogP contribution < -0.4 is 5.32 Å². The molecular weight excluding hydrogens is 253 g/mol. The van der Waals surface area contributed by atoms with Crippen LogP contribution in [0.1, 0.15) is 40.0 Å². The van der Waals surface area contributed by atoms with Gasteiger partial charge in [0.25, 0.3) is 5.91 Å². The minimum Gasteiger partial charge on any atom is -0.346 e. The SMILES string of the molecule is Cc1ccc(C(C)NC(=O)c2cccc(F)c2)cc1C. The van der Waals surface area contributed by atoms with Crippen molar-refractivity contribution < 1.29 is 9.18 Å². The van der Waals surface area contributed by atoms with Gasteiger partial charge in [0, 0.05) is 5.56 Å². The molecule has 0 aromatic heterocycles. The average Bonchev–Trinajstić information content (AvgIpc) is 2.41. The summed E-state index contributed by atoms with van der Waals surface area (Å²) in [4.78, 5) is 12.1. The minimum absolute atomic E-state index is 0.120. The van der Waals surface area contributed by atoms with Gasteiger partial charge in [0.05, 0.1) is 6.04 Å². The molecule has 0 radical (unpaired) electrons. The summed E-state index contributed by atoms with van der Waals surface area (Å²) in [5.74, 6) is -0.674. The number of halogens is 1. The number of carbonyl (C=O) groups is 1. The first kappa shape index (κ1) is 14.3. The first-order valence-corrected chi connectivity index (χ1v) is 6.61. The lowest BCUT2D eigenvalue weighted by atomic mass is 10.0. The van der Waals surface area contributed by atoms with Crippen LogP contribution in [0.15, 0.2) is 42.5 Å². The van der Waals surface area contributed by atoms with Crippen molar-refractivity contribution in [2.24, 2.45) is 0 Å². The zero-order chi connectivity index (χ0) is 14.7. The Labute approximate surface area is 118 Å². The van der Waals surface area contributed by atoms with Crippen molar-refractivity contribution in [1.29, 1.82) is 0 Å². The van der Waals surface area contributed by atoms with Gasteiger partial charge in [0.15, 0.2) is 0 Å². The molecule has 2 rings (SSSR count). The fourth-order valence-corrected chi connectivity index (χ4v) is 2.03. The van der Waals surface area contributed by atoms with Crippen molar-refractivity contribution in [2.45, 2.75) is 26.8 Å². The van der Waals surface area contributed by atoms with Gasteiger partial charge >= 0.3 is 0 Å². The van der Waals surface area contributed by atoms with Crippen molar-refractivity contribution in [1.82, 2.24) is 5.32 Å². The molecule has 0 spiro atoms. The van der Waals surface area contributed by atoms with Gasteiger partial charge < -0.3 is 5.32 Å². The van der Waals surface area contributed by atoms with Crippen LogP contribution in [0.2, 0.25) is 0 Å². The van der Waals surface area contributed by atoms with Crippen molar-refractivity contribution in [3.05, 3.63) is 70.5 Å². The number of benzene rings is 2. The highest BCUT2D eigenvalue weighted by molar-refractivity contribution is 5.94. The maximum atomic E-state index is 13.1. The summed E-state index contributed by atoms with van der Waals surface area (Å²) in [5, 5.41) is 2.88. The second-order valence-corrected chi connectivity index (χ2v) is 5.05. The van der Waals surface area contributed by atoms with E-state index in [-0.39, 0.29) is 11.9 Å². The van der Waals surface area contributed by atoms with Gasteiger partial charge in [-0.1, -0.05) is 24.3 Å². The molecule has 2 nitrogen and oxygen atoms in total. The molecule has 1 amide bonds. The third-order valence-corrected chi connectivity index (χ3v) is 3.47. The Hall–Kier alpha value is -2.16. The Morgan fingerprint density at radius 3 is 2.50 bits per heavy atom. The molecule has 104 valence electrons. The molecule has 2 aromatic carbocycles. The lowest BCUT2D eigenvalue weighted by molar-refractivity contribution is 0.0939. The summed E-state index contributed by atoms with van der Waals surface area (Å²) in [6, 6.07) is 11.7. The minimum atomic E-state index is -0.406. The molecule has 1 atom stereocenters. The highest BCUT2D eigenvalue weighted by Crippen LogP contribution is 2.17. The van der Waals surface area contributed by atoms with Crippen molar-refractivity contribution in [3.8, 4) is 0 Å². The fraction of sp³-hybridized carbons (Fsp3) is 0.235. The second kappa shape index (κ2) is 5.87. The summed E-state index contributed by atoms with van der Waals surface area (Å²) in [5.41, 5.74) is 3.78. The number of hydrogen-bond acceptors (Lipinski definition) is 1. The molecule has 0 aliphatic carbocycles. The molecule has 3 heteroatoms. The largest absolute Gasteiger partial charge is 0.346 e. The Kier molecular flexibility index (Phi) is 4.18. The maximum Gasteiger partial charge on any atom is 0.251 e. The smallest absolute Gasteiger partial charge is 0.251 e. The number of aryl methyl sites for hydroxylation is 2. The summed E-state index contributed by atoms with van der Waals surface area (Å²) >= 11 is 0. The van der Waals surface area contributed by atoms with E-state index in [1.54, 1.807) is 6.07 Å².